The summed E-state index contributed by atoms with van der Waals surface area (Å²) in [5.74, 6) is -4.13. The molecule has 2 aliphatic heterocycles. The van der Waals surface area contributed by atoms with E-state index >= 15 is 0 Å². The number of nitrogens with zero attached hydrogens (tertiary/aromatic N) is 2. The molecule has 2 N–H and O–H groups in total. The highest BCUT2D eigenvalue weighted by molar-refractivity contribution is 6.20. The lowest BCUT2D eigenvalue weighted by Crippen LogP contribution is -2.54. The van der Waals surface area contributed by atoms with Crippen LogP contribution < -0.4 is 15.5 Å². The fourth-order valence-corrected chi connectivity index (χ4v) is 4.43. The Balaban J connectivity index is 1.59. The lowest BCUT2D eigenvalue weighted by molar-refractivity contribution is -0.161. The van der Waals surface area contributed by atoms with Crippen molar-refractivity contribution in [3.8, 4) is 5.75 Å². The van der Waals surface area contributed by atoms with Crippen molar-refractivity contribution < 1.29 is 35.9 Å². The normalized spacial score (nSPS) is 22.9. The highest BCUT2D eigenvalue weighted by Crippen LogP contribution is 2.43. The first kappa shape index (κ1) is 22.1. The molecule has 7 nitrogen and oxygen atoms in total. The molecule has 0 aliphatic carbocycles. The van der Waals surface area contributed by atoms with Crippen molar-refractivity contribution in [3.63, 3.8) is 0 Å². The number of hydrazine groups is 1. The van der Waals surface area contributed by atoms with E-state index in [0.717, 1.165) is 17.1 Å². The molecule has 1 saturated heterocycles. The largest absolute Gasteiger partial charge is 0.494 e. The Bertz CT molecular complexity index is 1320. The SMILES string of the molecule is COc1cccc2oc(C3=C(C)NC4C(c5cc(F)cc(F)c5)C(C(F)(F)F)NN4C3=O)nc12. The first-order valence-electron chi connectivity index (χ1n) is 10.1. The van der Waals surface area contributed by atoms with Crippen molar-refractivity contribution in [1.29, 1.82) is 0 Å². The summed E-state index contributed by atoms with van der Waals surface area (Å²) in [6, 6.07) is 4.84. The first-order valence-corrected chi connectivity index (χ1v) is 10.1. The molecule has 34 heavy (non-hydrogen) atoms. The minimum absolute atomic E-state index is 0.0889. The Hall–Kier alpha value is -3.67. The van der Waals surface area contributed by atoms with Crippen molar-refractivity contribution in [3.05, 3.63) is 65.2 Å². The second-order valence-corrected chi connectivity index (χ2v) is 7.97. The Kier molecular flexibility index (Phi) is 5.01. The van der Waals surface area contributed by atoms with Crippen LogP contribution in [-0.4, -0.2) is 41.4 Å². The van der Waals surface area contributed by atoms with Gasteiger partial charge in [0.2, 0.25) is 5.89 Å². The van der Waals surface area contributed by atoms with Gasteiger partial charge in [0.05, 0.1) is 13.0 Å². The number of nitrogens with one attached hydrogen (secondary N) is 2. The number of methoxy groups -OCH3 is 1. The van der Waals surface area contributed by atoms with Crippen LogP contribution in [0.2, 0.25) is 0 Å². The van der Waals surface area contributed by atoms with E-state index in [1.807, 2.05) is 0 Å². The maximum Gasteiger partial charge on any atom is 0.406 e. The van der Waals surface area contributed by atoms with E-state index in [1.165, 1.54) is 14.0 Å². The smallest absolute Gasteiger partial charge is 0.406 e. The number of allylic oxidation sites excluding steroid dienone is 1. The van der Waals surface area contributed by atoms with Crippen molar-refractivity contribution in [1.82, 2.24) is 20.7 Å². The van der Waals surface area contributed by atoms with Crippen LogP contribution in [0.4, 0.5) is 22.0 Å². The van der Waals surface area contributed by atoms with Crippen molar-refractivity contribution in [2.75, 3.05) is 7.11 Å². The number of hydrogen-bond acceptors (Lipinski definition) is 6. The zero-order valence-electron chi connectivity index (χ0n) is 17.7. The minimum atomic E-state index is -4.83. The molecule has 3 aromatic rings. The number of para-hydroxylation sites is 1. The first-order chi connectivity index (χ1) is 16.1. The summed E-state index contributed by atoms with van der Waals surface area (Å²) in [6.07, 6.45) is -6.10. The van der Waals surface area contributed by atoms with Gasteiger partial charge in [-0.2, -0.15) is 13.2 Å². The summed E-state index contributed by atoms with van der Waals surface area (Å²) in [5, 5.41) is 3.63. The second-order valence-electron chi connectivity index (χ2n) is 7.97. The molecule has 0 bridgehead atoms. The van der Waals surface area contributed by atoms with E-state index in [4.69, 9.17) is 9.15 Å². The summed E-state index contributed by atoms with van der Waals surface area (Å²) in [5.41, 5.74) is 2.69. The van der Waals surface area contributed by atoms with Gasteiger partial charge in [0, 0.05) is 11.8 Å². The standard InChI is InChI=1S/C22H17F5N4O3/c1-9-15(20-29-17-13(33-2)4-3-5-14(17)34-20)21(32)31-19(28-9)16(18(30-31)22(25,26)27)10-6-11(23)8-12(24)7-10/h3-8,16,18-19,28,30H,1-2H3. The molecule has 2 aliphatic rings. The number of halogens is 5. The van der Waals surface area contributed by atoms with E-state index in [2.05, 4.69) is 15.7 Å². The van der Waals surface area contributed by atoms with E-state index in [1.54, 1.807) is 18.2 Å². The van der Waals surface area contributed by atoms with E-state index in [-0.39, 0.29) is 22.7 Å². The zero-order chi connectivity index (χ0) is 24.4. The average Bonchev–Trinajstić information content (AvgIpc) is 3.34. The highest BCUT2D eigenvalue weighted by Gasteiger charge is 2.58. The second kappa shape index (κ2) is 7.69. The lowest BCUT2D eigenvalue weighted by Gasteiger charge is -2.34. The van der Waals surface area contributed by atoms with Crippen LogP contribution in [0, 0.1) is 11.6 Å². The van der Waals surface area contributed by atoms with E-state index in [0.29, 0.717) is 22.9 Å². The fraction of sp³-hybridized carbons (Fsp3) is 0.273. The lowest BCUT2D eigenvalue weighted by atomic mass is 9.88. The molecule has 1 aromatic heterocycles. The number of rotatable bonds is 3. The molecule has 0 spiro atoms. The van der Waals surface area contributed by atoms with E-state index in [9.17, 15) is 26.7 Å². The molecule has 0 saturated carbocycles. The number of carbonyl (C=O) groups excluding carboxylic acids is 1. The number of carbonyl (C=O) groups is 1. The van der Waals surface area contributed by atoms with Crippen molar-refractivity contribution in [2.45, 2.75) is 31.2 Å². The average molecular weight is 480 g/mol. The van der Waals surface area contributed by atoms with Crippen molar-refractivity contribution >= 4 is 22.6 Å². The van der Waals surface area contributed by atoms with Crippen LogP contribution in [0.3, 0.4) is 0 Å². The molecule has 12 heteroatoms. The van der Waals surface area contributed by atoms with Gasteiger partial charge in [-0.1, -0.05) is 6.07 Å². The number of alkyl halides is 3. The monoisotopic (exact) mass is 480 g/mol. The van der Waals surface area contributed by atoms with Crippen molar-refractivity contribution in [2.24, 2.45) is 0 Å². The molecule has 3 atom stereocenters. The zero-order valence-corrected chi connectivity index (χ0v) is 17.7. The number of ether oxygens (including phenoxy) is 1. The number of aromatic nitrogens is 1. The van der Waals surface area contributed by atoms with Crippen LogP contribution in [0.15, 0.2) is 46.5 Å². The molecule has 3 heterocycles. The third kappa shape index (κ3) is 3.45. The Morgan fingerprint density at radius 2 is 1.85 bits per heavy atom. The van der Waals surface area contributed by atoms with Gasteiger partial charge in [-0.15, -0.1) is 0 Å². The van der Waals surface area contributed by atoms with Gasteiger partial charge in [0.25, 0.3) is 5.91 Å². The van der Waals surface area contributed by atoms with Gasteiger partial charge in [-0.25, -0.2) is 24.2 Å². The molecule has 1 amide bonds. The molecule has 5 rings (SSSR count). The molecular weight excluding hydrogens is 463 g/mol. The predicted molar refractivity (Wildman–Crippen MR) is 109 cm³/mol. The third-order valence-electron chi connectivity index (χ3n) is 5.87. The van der Waals surface area contributed by atoms with Crippen LogP contribution in [0.5, 0.6) is 5.75 Å². The summed E-state index contributed by atoms with van der Waals surface area (Å²) in [4.78, 5) is 17.7. The molecule has 3 unspecified atom stereocenters. The number of benzene rings is 2. The van der Waals surface area contributed by atoms with Gasteiger partial charge in [-0.3, -0.25) is 4.79 Å². The van der Waals surface area contributed by atoms with E-state index < -0.39 is 41.8 Å². The Labute approximate surface area is 189 Å². The van der Waals surface area contributed by atoms with Gasteiger partial charge < -0.3 is 14.5 Å². The van der Waals surface area contributed by atoms with Crippen LogP contribution in [0.1, 0.15) is 24.3 Å². The highest BCUT2D eigenvalue weighted by atomic mass is 19.4. The maximum atomic E-state index is 13.9. The number of fused-ring (bicyclic) bond motifs is 2. The Morgan fingerprint density at radius 1 is 1.15 bits per heavy atom. The van der Waals surface area contributed by atoms with Gasteiger partial charge in [-0.05, 0) is 36.8 Å². The Morgan fingerprint density at radius 3 is 2.50 bits per heavy atom. The fourth-order valence-electron chi connectivity index (χ4n) is 4.43. The quantitative estimate of drug-likeness (QED) is 0.555. The number of oxazole rings is 1. The maximum absolute atomic E-state index is 13.9. The summed E-state index contributed by atoms with van der Waals surface area (Å²) in [7, 11) is 1.44. The van der Waals surface area contributed by atoms with Crippen LogP contribution >= 0.6 is 0 Å². The summed E-state index contributed by atoms with van der Waals surface area (Å²) < 4.78 is 80.4. The molecule has 0 radical (unpaired) electrons. The molecule has 2 aromatic carbocycles. The summed E-state index contributed by atoms with van der Waals surface area (Å²) >= 11 is 0. The van der Waals surface area contributed by atoms with Gasteiger partial charge in [0.15, 0.2) is 11.1 Å². The molecule has 1 fully saturated rings. The van der Waals surface area contributed by atoms with Crippen LogP contribution in [0.25, 0.3) is 16.7 Å². The number of hydrogen-bond donors (Lipinski definition) is 2. The molecular formula is C22H17F5N4O3. The molecule has 178 valence electrons. The van der Waals surface area contributed by atoms with Gasteiger partial charge >= 0.3 is 6.18 Å². The predicted octanol–water partition coefficient (Wildman–Crippen LogP) is 3.84. The van der Waals surface area contributed by atoms with Crippen LogP contribution in [-0.2, 0) is 4.79 Å². The third-order valence-corrected chi connectivity index (χ3v) is 5.87. The summed E-state index contributed by atoms with van der Waals surface area (Å²) in [6.45, 7) is 1.49. The number of amides is 1. The topological polar surface area (TPSA) is 79.6 Å². The van der Waals surface area contributed by atoms with Gasteiger partial charge in [0.1, 0.15) is 35.2 Å². The minimum Gasteiger partial charge on any atom is -0.494 e.